The molecule has 0 saturated carbocycles. The molecular weight excluding hydrogens is 868 g/mol. The Hall–Kier alpha value is -4.89. The van der Waals surface area contributed by atoms with Crippen LogP contribution in [0.3, 0.4) is 0 Å². The maximum atomic E-state index is 14.0. The van der Waals surface area contributed by atoms with Crippen molar-refractivity contribution >= 4 is 63.0 Å². The van der Waals surface area contributed by atoms with Crippen molar-refractivity contribution in [3.63, 3.8) is 0 Å². The van der Waals surface area contributed by atoms with E-state index in [2.05, 4.69) is 69.4 Å². The molecule has 64 heavy (non-hydrogen) atoms. The predicted molar refractivity (Wildman–Crippen MR) is 255 cm³/mol. The van der Waals surface area contributed by atoms with Gasteiger partial charge in [-0.15, -0.1) is 21.5 Å². The number of halogens is 2. The van der Waals surface area contributed by atoms with Gasteiger partial charge < -0.3 is 24.6 Å². The van der Waals surface area contributed by atoms with Crippen LogP contribution in [0, 0.1) is 26.7 Å². The largest absolute Gasteiger partial charge is 0.478 e. The number of thiophene rings is 1. The first-order valence-corrected chi connectivity index (χ1v) is 23.7. The second-order valence-corrected chi connectivity index (χ2v) is 19.9. The van der Waals surface area contributed by atoms with Crippen molar-refractivity contribution in [2.45, 2.75) is 65.5 Å². The summed E-state index contributed by atoms with van der Waals surface area (Å²) in [5.41, 5.74) is 7.25. The lowest BCUT2D eigenvalue weighted by atomic mass is 9.94. The molecule has 3 aliphatic heterocycles. The number of amides is 1. The monoisotopic (exact) mass is 920 g/mol. The summed E-state index contributed by atoms with van der Waals surface area (Å²) in [6, 6.07) is 19.1. The summed E-state index contributed by atoms with van der Waals surface area (Å²) >= 11 is 14.6. The van der Waals surface area contributed by atoms with Gasteiger partial charge in [-0.25, -0.2) is 4.79 Å². The normalized spacial score (nSPS) is 17.6. The Morgan fingerprint density at radius 2 is 1.59 bits per heavy atom. The summed E-state index contributed by atoms with van der Waals surface area (Å²) < 4.78 is 8.58. The SMILES string of the molecule is Cc1sc2c(c1C)C(c1ccc(Cl)cc1)=N[C@@H](CC(=O)N1CCC(CN3CCN(CCOC(C)(C)c4ccc(-c5cc6c(C(=O)O)c[nH]c6cc5Cl)cc4)CC3)CC1)c1nnc(C)n1-2. The minimum atomic E-state index is -0.979. The number of carbonyl (C=O) groups is 2. The van der Waals surface area contributed by atoms with Crippen LogP contribution in [-0.2, 0) is 15.1 Å². The molecular formula is C49H54Cl2N8O4S. The maximum Gasteiger partial charge on any atom is 0.337 e. The number of hydrogen-bond donors (Lipinski definition) is 2. The molecule has 3 aromatic carbocycles. The highest BCUT2D eigenvalue weighted by atomic mass is 35.5. The van der Waals surface area contributed by atoms with Crippen LogP contribution in [0.25, 0.3) is 27.0 Å². The summed E-state index contributed by atoms with van der Waals surface area (Å²) in [6.45, 7) is 18.5. The number of carbonyl (C=O) groups excluding carboxylic acids is 1. The summed E-state index contributed by atoms with van der Waals surface area (Å²) in [5.74, 6) is 1.18. The number of carboxylic acids is 1. The number of ether oxygens (including phenoxy) is 1. The number of piperazine rings is 1. The summed E-state index contributed by atoms with van der Waals surface area (Å²) in [4.78, 5) is 42.4. The van der Waals surface area contributed by atoms with Gasteiger partial charge in [-0.3, -0.25) is 19.3 Å². The van der Waals surface area contributed by atoms with Crippen LogP contribution in [0.2, 0.25) is 10.0 Å². The molecule has 3 aliphatic rings. The molecule has 1 atom stereocenters. The number of nitrogens with one attached hydrogen (secondary N) is 1. The Morgan fingerprint density at radius 3 is 2.30 bits per heavy atom. The minimum absolute atomic E-state index is 0.109. The third kappa shape index (κ3) is 8.90. The van der Waals surface area contributed by atoms with E-state index in [-0.39, 0.29) is 17.9 Å². The topological polar surface area (TPSA) is 132 Å². The Bertz CT molecular complexity index is 2720. The number of piperidine rings is 1. The van der Waals surface area contributed by atoms with Gasteiger partial charge in [0.05, 0.1) is 34.9 Å². The first-order chi connectivity index (χ1) is 30.7. The third-order valence-electron chi connectivity index (χ3n) is 13.4. The number of H-pyrrole nitrogens is 1. The lowest BCUT2D eigenvalue weighted by molar-refractivity contribution is -0.133. The van der Waals surface area contributed by atoms with Gasteiger partial charge in [0.25, 0.3) is 0 Å². The van der Waals surface area contributed by atoms with Crippen LogP contribution in [0.4, 0.5) is 0 Å². The number of benzene rings is 3. The highest BCUT2D eigenvalue weighted by Crippen LogP contribution is 2.40. The molecule has 0 aliphatic carbocycles. The van der Waals surface area contributed by atoms with E-state index >= 15 is 0 Å². The number of rotatable bonds is 12. The smallest absolute Gasteiger partial charge is 0.337 e. The number of aromatic carboxylic acids is 1. The van der Waals surface area contributed by atoms with Crippen molar-refractivity contribution in [2.24, 2.45) is 10.9 Å². The van der Waals surface area contributed by atoms with E-state index in [9.17, 15) is 14.7 Å². The van der Waals surface area contributed by atoms with Crippen LogP contribution in [0.15, 0.2) is 71.9 Å². The van der Waals surface area contributed by atoms with Crippen LogP contribution in [0.5, 0.6) is 0 Å². The molecule has 6 heterocycles. The first-order valence-electron chi connectivity index (χ1n) is 22.1. The molecule has 0 radical (unpaired) electrons. The molecule has 334 valence electrons. The van der Waals surface area contributed by atoms with E-state index in [1.807, 2.05) is 54.3 Å². The number of likely N-dealkylation sites (tertiary alicyclic amines) is 1. The lowest BCUT2D eigenvalue weighted by Crippen LogP contribution is -2.50. The van der Waals surface area contributed by atoms with Gasteiger partial charge in [0, 0.05) is 96.0 Å². The maximum absolute atomic E-state index is 14.0. The number of aliphatic imine (C=N–C) groups is 1. The summed E-state index contributed by atoms with van der Waals surface area (Å²) in [5, 5.41) is 21.6. The molecule has 15 heteroatoms. The number of hydrogen-bond acceptors (Lipinski definition) is 9. The summed E-state index contributed by atoms with van der Waals surface area (Å²) in [6.07, 6.45) is 3.72. The third-order valence-corrected chi connectivity index (χ3v) is 15.2. The molecule has 0 spiro atoms. The number of carboxylic acid groups (broad SMARTS) is 1. The van der Waals surface area contributed by atoms with Gasteiger partial charge in [-0.1, -0.05) is 59.6 Å². The van der Waals surface area contributed by atoms with Gasteiger partial charge in [0.1, 0.15) is 16.9 Å². The van der Waals surface area contributed by atoms with Crippen molar-refractivity contribution < 1.29 is 19.4 Å². The second kappa shape index (κ2) is 18.2. The van der Waals surface area contributed by atoms with Crippen molar-refractivity contribution in [1.29, 1.82) is 0 Å². The molecule has 3 aromatic heterocycles. The fourth-order valence-electron chi connectivity index (χ4n) is 9.46. The Morgan fingerprint density at radius 1 is 0.906 bits per heavy atom. The van der Waals surface area contributed by atoms with Crippen molar-refractivity contribution in [2.75, 3.05) is 59.0 Å². The second-order valence-electron chi connectivity index (χ2n) is 17.9. The molecule has 2 saturated heterocycles. The fourth-order valence-corrected chi connectivity index (χ4v) is 11.1. The molecule has 0 bridgehead atoms. The summed E-state index contributed by atoms with van der Waals surface area (Å²) in [7, 11) is 0. The van der Waals surface area contributed by atoms with E-state index in [1.54, 1.807) is 17.4 Å². The fraction of sp³-hybridized carbons (Fsp3) is 0.408. The molecule has 2 N–H and O–H groups in total. The highest BCUT2D eigenvalue weighted by molar-refractivity contribution is 7.15. The molecule has 2 fully saturated rings. The predicted octanol–water partition coefficient (Wildman–Crippen LogP) is 9.50. The molecule has 9 rings (SSSR count). The zero-order valence-corrected chi connectivity index (χ0v) is 39.3. The van der Waals surface area contributed by atoms with Crippen LogP contribution >= 0.6 is 34.5 Å². The Balaban J connectivity index is 0.746. The van der Waals surface area contributed by atoms with Crippen molar-refractivity contribution in [1.82, 2.24) is 34.4 Å². The van der Waals surface area contributed by atoms with Gasteiger partial charge in [-0.2, -0.15) is 0 Å². The zero-order chi connectivity index (χ0) is 44.9. The number of aromatic amines is 1. The standard InChI is InChI=1S/C49H54Cl2N8O4S/c1-29-30(2)64-47-44(29)45(34-8-12-36(50)13-9-34)53-42(46-55-54-31(3)59(46)47)26-43(60)58-16-14-32(15-17-58)28-57-20-18-56(19-21-57)22-23-63-49(4,5)35-10-6-33(7-11-35)37-24-38-39(48(61)62)27-52-41(38)25-40(37)51/h6-13,24-25,27,32,42,52H,14-23,26,28H2,1-5H3,(H,61,62)/t42-/m0/s1. The van der Waals surface area contributed by atoms with Crippen LogP contribution in [-0.4, -0.2) is 116 Å². The number of fused-ring (bicyclic) bond motifs is 4. The van der Waals surface area contributed by atoms with Crippen molar-refractivity contribution in [3.05, 3.63) is 121 Å². The zero-order valence-electron chi connectivity index (χ0n) is 37.0. The van der Waals surface area contributed by atoms with E-state index in [0.29, 0.717) is 39.3 Å². The van der Waals surface area contributed by atoms with Crippen LogP contribution in [0.1, 0.15) is 88.3 Å². The Kier molecular flexibility index (Phi) is 12.6. The lowest BCUT2D eigenvalue weighted by Gasteiger charge is -2.39. The van der Waals surface area contributed by atoms with Gasteiger partial charge in [0.15, 0.2) is 5.82 Å². The van der Waals surface area contributed by atoms with E-state index in [4.69, 9.17) is 32.9 Å². The number of nitrogens with zero attached hydrogens (tertiary/aromatic N) is 7. The van der Waals surface area contributed by atoms with Gasteiger partial charge >= 0.3 is 5.97 Å². The minimum Gasteiger partial charge on any atom is -0.478 e. The number of aromatic nitrogens is 4. The van der Waals surface area contributed by atoms with E-state index in [1.165, 1.54) is 16.6 Å². The number of aryl methyl sites for hydroxylation is 2. The van der Waals surface area contributed by atoms with Crippen molar-refractivity contribution in [3.8, 4) is 16.1 Å². The average Bonchev–Trinajstić information content (AvgIpc) is 3.94. The first kappa shape index (κ1) is 44.3. The molecule has 6 aromatic rings. The van der Waals surface area contributed by atoms with Gasteiger partial charge in [-0.05, 0) is 94.3 Å². The highest BCUT2D eigenvalue weighted by Gasteiger charge is 2.35. The quantitative estimate of drug-likeness (QED) is 0.124. The van der Waals surface area contributed by atoms with E-state index in [0.717, 1.165) is 110 Å². The molecule has 1 amide bonds. The van der Waals surface area contributed by atoms with Gasteiger partial charge in [0.2, 0.25) is 5.91 Å². The van der Waals surface area contributed by atoms with E-state index < -0.39 is 17.6 Å². The molecule has 12 nitrogen and oxygen atoms in total. The average molecular weight is 922 g/mol. The molecule has 0 unspecified atom stereocenters. The Labute approximate surface area is 387 Å². The van der Waals surface area contributed by atoms with Crippen LogP contribution < -0.4 is 0 Å².